The van der Waals surface area contributed by atoms with Crippen LogP contribution in [0.25, 0.3) is 0 Å². The Kier molecular flexibility index (Phi) is 7.96. The summed E-state index contributed by atoms with van der Waals surface area (Å²) in [6, 6.07) is 0. The molecule has 1 N–H and O–H groups in total. The molecule has 0 bridgehead atoms. The Morgan fingerprint density at radius 2 is 2.28 bits per heavy atom. The van der Waals surface area contributed by atoms with Crippen LogP contribution in [0.4, 0.5) is 0 Å². The average molecular weight is 275 g/mol. The van der Waals surface area contributed by atoms with Crippen LogP contribution >= 0.6 is 11.6 Å². The number of rotatable bonds is 10. The summed E-state index contributed by atoms with van der Waals surface area (Å²) in [6.45, 7) is 8.30. The summed E-state index contributed by atoms with van der Waals surface area (Å²) in [7, 11) is 0. The molecule has 0 aliphatic rings. The summed E-state index contributed by atoms with van der Waals surface area (Å²) in [5, 5.41) is 7.56. The molecule has 0 atom stereocenters. The monoisotopic (exact) mass is 274 g/mol. The lowest BCUT2D eigenvalue weighted by Gasteiger charge is -2.09. The van der Waals surface area contributed by atoms with Crippen molar-refractivity contribution >= 4 is 11.6 Å². The second kappa shape index (κ2) is 9.30. The second-order valence-corrected chi connectivity index (χ2v) is 4.96. The summed E-state index contributed by atoms with van der Waals surface area (Å²) in [6.07, 6.45) is 2.60. The van der Waals surface area contributed by atoms with Gasteiger partial charge in [0.25, 0.3) is 0 Å². The van der Waals surface area contributed by atoms with E-state index < -0.39 is 0 Å². The Morgan fingerprint density at radius 1 is 1.44 bits per heavy atom. The van der Waals surface area contributed by atoms with Gasteiger partial charge >= 0.3 is 0 Å². The predicted octanol–water partition coefficient (Wildman–Crippen LogP) is 1.67. The van der Waals surface area contributed by atoms with Crippen LogP contribution in [0.2, 0.25) is 0 Å². The van der Waals surface area contributed by atoms with Crippen molar-refractivity contribution in [3.8, 4) is 0 Å². The van der Waals surface area contributed by atoms with E-state index in [-0.39, 0.29) is 0 Å². The van der Waals surface area contributed by atoms with E-state index in [1.165, 1.54) is 0 Å². The molecule has 0 aliphatic carbocycles. The van der Waals surface area contributed by atoms with Crippen molar-refractivity contribution in [2.75, 3.05) is 25.6 Å². The van der Waals surface area contributed by atoms with Crippen LogP contribution in [-0.4, -0.2) is 40.4 Å². The molecule has 1 rings (SSSR count). The fraction of sp³-hybridized carbons (Fsp3) is 0.833. The number of halogens is 1. The van der Waals surface area contributed by atoms with Crippen molar-refractivity contribution in [1.82, 2.24) is 20.1 Å². The number of hydrogen-bond donors (Lipinski definition) is 1. The lowest BCUT2D eigenvalue weighted by molar-refractivity contribution is 0.146. The molecule has 0 unspecified atom stereocenters. The van der Waals surface area contributed by atoms with Crippen molar-refractivity contribution in [3.05, 3.63) is 12.2 Å². The van der Waals surface area contributed by atoms with Gasteiger partial charge in [-0.25, -0.2) is 9.67 Å². The molecule has 18 heavy (non-hydrogen) atoms. The molecule has 1 aromatic heterocycles. The largest absolute Gasteiger partial charge is 0.380 e. The summed E-state index contributed by atoms with van der Waals surface area (Å²) < 4.78 is 7.25. The molecular formula is C12H23ClN4O. The fourth-order valence-electron chi connectivity index (χ4n) is 1.58. The first-order valence-corrected chi connectivity index (χ1v) is 6.98. The van der Waals surface area contributed by atoms with E-state index in [0.717, 1.165) is 38.5 Å². The second-order valence-electron chi connectivity index (χ2n) is 4.58. The third-order valence-corrected chi connectivity index (χ3v) is 2.53. The molecule has 0 spiro atoms. The zero-order valence-corrected chi connectivity index (χ0v) is 12.0. The van der Waals surface area contributed by atoms with Gasteiger partial charge in [0.15, 0.2) is 0 Å². The van der Waals surface area contributed by atoms with Gasteiger partial charge in [-0.3, -0.25) is 0 Å². The quantitative estimate of drug-likeness (QED) is 0.521. The zero-order chi connectivity index (χ0) is 13.2. The van der Waals surface area contributed by atoms with E-state index >= 15 is 0 Å². The predicted molar refractivity (Wildman–Crippen MR) is 72.7 cm³/mol. The highest BCUT2D eigenvalue weighted by Gasteiger charge is 2.05. The standard InChI is InChI=1S/C12H23ClN4O/c1-11(2)9-17-12(15-10-16-17)8-14-5-3-6-18-7-4-13/h10-11,14H,3-9H2,1-2H3. The van der Waals surface area contributed by atoms with Crippen LogP contribution in [-0.2, 0) is 17.8 Å². The number of nitrogens with one attached hydrogen (secondary N) is 1. The smallest absolute Gasteiger partial charge is 0.140 e. The lowest BCUT2D eigenvalue weighted by atomic mass is 10.2. The highest BCUT2D eigenvalue weighted by atomic mass is 35.5. The van der Waals surface area contributed by atoms with Crippen LogP contribution < -0.4 is 5.32 Å². The first kappa shape index (κ1) is 15.4. The van der Waals surface area contributed by atoms with Crippen molar-refractivity contribution in [1.29, 1.82) is 0 Å². The molecule has 1 aromatic rings. The van der Waals surface area contributed by atoms with E-state index in [1.54, 1.807) is 6.33 Å². The van der Waals surface area contributed by atoms with Crippen molar-refractivity contribution in [2.45, 2.75) is 33.4 Å². The Hall–Kier alpha value is -0.650. The Morgan fingerprint density at radius 3 is 3.00 bits per heavy atom. The maximum atomic E-state index is 5.51. The van der Waals surface area contributed by atoms with Gasteiger partial charge in [0.05, 0.1) is 13.2 Å². The normalized spacial score (nSPS) is 11.3. The number of ether oxygens (including phenoxy) is 1. The van der Waals surface area contributed by atoms with Crippen LogP contribution in [0.5, 0.6) is 0 Å². The number of alkyl halides is 1. The van der Waals surface area contributed by atoms with Gasteiger partial charge in [0, 0.05) is 19.0 Å². The van der Waals surface area contributed by atoms with Gasteiger partial charge in [0.2, 0.25) is 0 Å². The summed E-state index contributed by atoms with van der Waals surface area (Å²) in [5.74, 6) is 2.13. The van der Waals surface area contributed by atoms with E-state index in [4.69, 9.17) is 16.3 Å². The first-order chi connectivity index (χ1) is 8.74. The van der Waals surface area contributed by atoms with Gasteiger partial charge < -0.3 is 10.1 Å². The summed E-state index contributed by atoms with van der Waals surface area (Å²) >= 11 is 5.51. The lowest BCUT2D eigenvalue weighted by Crippen LogP contribution is -2.21. The Labute approximate surface area is 114 Å². The number of hydrogen-bond acceptors (Lipinski definition) is 4. The van der Waals surface area contributed by atoms with E-state index in [2.05, 4.69) is 29.2 Å². The van der Waals surface area contributed by atoms with Crippen LogP contribution in [0.1, 0.15) is 26.1 Å². The minimum absolute atomic E-state index is 0.561. The van der Waals surface area contributed by atoms with Crippen molar-refractivity contribution in [2.24, 2.45) is 5.92 Å². The molecule has 0 radical (unpaired) electrons. The molecule has 5 nitrogen and oxygen atoms in total. The van der Waals surface area contributed by atoms with Gasteiger partial charge in [-0.05, 0) is 18.9 Å². The number of nitrogens with zero attached hydrogens (tertiary/aromatic N) is 3. The Balaban J connectivity index is 2.13. The minimum Gasteiger partial charge on any atom is -0.380 e. The van der Waals surface area contributed by atoms with Crippen LogP contribution in [0.15, 0.2) is 6.33 Å². The summed E-state index contributed by atoms with van der Waals surface area (Å²) in [5.41, 5.74) is 0. The maximum absolute atomic E-state index is 5.51. The molecule has 1 heterocycles. The highest BCUT2D eigenvalue weighted by molar-refractivity contribution is 6.17. The van der Waals surface area contributed by atoms with E-state index in [0.29, 0.717) is 18.4 Å². The highest BCUT2D eigenvalue weighted by Crippen LogP contribution is 2.00. The van der Waals surface area contributed by atoms with Gasteiger partial charge in [-0.1, -0.05) is 13.8 Å². The van der Waals surface area contributed by atoms with E-state index in [1.807, 2.05) is 4.68 Å². The fourth-order valence-corrected chi connectivity index (χ4v) is 1.69. The molecule has 0 saturated heterocycles. The van der Waals surface area contributed by atoms with Gasteiger partial charge in [-0.2, -0.15) is 5.10 Å². The van der Waals surface area contributed by atoms with Crippen molar-refractivity contribution < 1.29 is 4.74 Å². The third kappa shape index (κ3) is 6.33. The average Bonchev–Trinajstić information content (AvgIpc) is 2.75. The van der Waals surface area contributed by atoms with Crippen molar-refractivity contribution in [3.63, 3.8) is 0 Å². The summed E-state index contributed by atoms with van der Waals surface area (Å²) in [4.78, 5) is 4.26. The van der Waals surface area contributed by atoms with Gasteiger partial charge in [-0.15, -0.1) is 11.6 Å². The van der Waals surface area contributed by atoms with Gasteiger partial charge in [0.1, 0.15) is 12.2 Å². The number of aromatic nitrogens is 3. The molecule has 104 valence electrons. The molecule has 0 fully saturated rings. The topological polar surface area (TPSA) is 52.0 Å². The van der Waals surface area contributed by atoms with Crippen LogP contribution in [0.3, 0.4) is 0 Å². The molecule has 0 aliphatic heterocycles. The molecule has 0 saturated carbocycles. The minimum atomic E-state index is 0.561. The third-order valence-electron chi connectivity index (χ3n) is 2.38. The maximum Gasteiger partial charge on any atom is 0.140 e. The zero-order valence-electron chi connectivity index (χ0n) is 11.2. The Bertz CT molecular complexity index is 317. The molecule has 0 aromatic carbocycles. The van der Waals surface area contributed by atoms with Crippen LogP contribution in [0, 0.1) is 5.92 Å². The molecular weight excluding hydrogens is 252 g/mol. The van der Waals surface area contributed by atoms with E-state index in [9.17, 15) is 0 Å². The molecule has 6 heteroatoms. The molecule has 0 amide bonds. The SMILES string of the molecule is CC(C)Cn1ncnc1CNCCCOCCCl. The first-order valence-electron chi connectivity index (χ1n) is 6.45.